The van der Waals surface area contributed by atoms with E-state index in [1.807, 2.05) is 23.1 Å². The zero-order valence-corrected chi connectivity index (χ0v) is 12.9. The molecule has 0 aliphatic carbocycles. The van der Waals surface area contributed by atoms with Crippen LogP contribution in [0.4, 0.5) is 0 Å². The Balaban J connectivity index is 1.60. The van der Waals surface area contributed by atoms with E-state index < -0.39 is 5.97 Å². The van der Waals surface area contributed by atoms with Crippen LogP contribution in [0.5, 0.6) is 0 Å². The first kappa shape index (κ1) is 15.3. The van der Waals surface area contributed by atoms with Gasteiger partial charge in [0.25, 0.3) is 5.91 Å². The maximum Gasteiger partial charge on any atom is 0.335 e. The van der Waals surface area contributed by atoms with E-state index in [9.17, 15) is 14.7 Å². The van der Waals surface area contributed by atoms with Gasteiger partial charge in [-0.3, -0.25) is 4.79 Å². The number of rotatable bonds is 4. The molecule has 0 radical (unpaired) electrons. The molecule has 5 heteroatoms. The van der Waals surface area contributed by atoms with E-state index in [1.165, 1.54) is 0 Å². The van der Waals surface area contributed by atoms with Crippen LogP contribution >= 0.6 is 0 Å². The van der Waals surface area contributed by atoms with Crippen molar-refractivity contribution >= 4 is 11.9 Å². The first-order valence-electron chi connectivity index (χ1n) is 7.89. The summed E-state index contributed by atoms with van der Waals surface area (Å²) in [4.78, 5) is 28.4. The highest BCUT2D eigenvalue weighted by Gasteiger charge is 2.25. The summed E-state index contributed by atoms with van der Waals surface area (Å²) in [6.07, 6.45) is 4.32. The van der Waals surface area contributed by atoms with Crippen molar-refractivity contribution in [1.29, 1.82) is 0 Å². The van der Waals surface area contributed by atoms with Crippen molar-refractivity contribution in [3.05, 3.63) is 59.4 Å². The molecule has 0 unspecified atom stereocenters. The molecule has 2 aromatic rings. The number of aromatic nitrogens is 1. The van der Waals surface area contributed by atoms with Gasteiger partial charge in [-0.1, -0.05) is 18.2 Å². The summed E-state index contributed by atoms with van der Waals surface area (Å²) in [5.74, 6) is -0.414. The monoisotopic (exact) mass is 312 g/mol. The zero-order valence-electron chi connectivity index (χ0n) is 12.9. The third-order valence-electron chi connectivity index (χ3n) is 4.49. The summed E-state index contributed by atoms with van der Waals surface area (Å²) >= 11 is 0. The molecule has 0 atom stereocenters. The molecule has 2 heterocycles. The predicted molar refractivity (Wildman–Crippen MR) is 86.5 cm³/mol. The molecule has 2 N–H and O–H groups in total. The fraction of sp³-hybridized carbons (Fsp3) is 0.333. The summed E-state index contributed by atoms with van der Waals surface area (Å²) in [6, 6.07) is 10.8. The van der Waals surface area contributed by atoms with E-state index in [0.29, 0.717) is 17.2 Å². The fourth-order valence-electron chi connectivity index (χ4n) is 3.19. The van der Waals surface area contributed by atoms with E-state index in [4.69, 9.17) is 0 Å². The number of amides is 1. The molecule has 23 heavy (non-hydrogen) atoms. The number of piperidine rings is 1. The molecule has 1 aliphatic heterocycles. The van der Waals surface area contributed by atoms with Gasteiger partial charge in [0.2, 0.25) is 0 Å². The number of H-pyrrole nitrogens is 1. The zero-order chi connectivity index (χ0) is 16.2. The Hall–Kier alpha value is -2.56. The lowest BCUT2D eigenvalue weighted by Crippen LogP contribution is -2.39. The second-order valence-electron chi connectivity index (χ2n) is 5.99. The molecular formula is C18H20N2O3. The number of carboxylic acids is 1. The quantitative estimate of drug-likeness (QED) is 0.911. The van der Waals surface area contributed by atoms with Gasteiger partial charge in [0.1, 0.15) is 5.69 Å². The van der Waals surface area contributed by atoms with E-state index in [1.54, 1.807) is 24.4 Å². The standard InChI is InChI=1S/C18H20N2O3/c21-17(16-6-3-9-19-16)20-10-7-13(8-11-20)12-14-4-1-2-5-15(14)18(22)23/h1-6,9,13,19H,7-8,10-12H2,(H,22,23). The molecule has 5 nitrogen and oxygen atoms in total. The van der Waals surface area contributed by atoms with Gasteiger partial charge in [-0.05, 0) is 48.9 Å². The summed E-state index contributed by atoms with van der Waals surface area (Å²) in [5.41, 5.74) is 1.89. The number of aromatic amines is 1. The maximum atomic E-state index is 12.3. The number of carbonyl (C=O) groups excluding carboxylic acids is 1. The molecule has 3 rings (SSSR count). The Bertz CT molecular complexity index is 686. The van der Waals surface area contributed by atoms with Gasteiger partial charge < -0.3 is 15.0 Å². The number of likely N-dealkylation sites (tertiary alicyclic amines) is 1. The third kappa shape index (κ3) is 3.44. The number of aromatic carboxylic acids is 1. The number of carboxylic acid groups (broad SMARTS) is 1. The Morgan fingerprint density at radius 2 is 1.87 bits per heavy atom. The summed E-state index contributed by atoms with van der Waals surface area (Å²) < 4.78 is 0. The van der Waals surface area contributed by atoms with Crippen LogP contribution < -0.4 is 0 Å². The van der Waals surface area contributed by atoms with E-state index >= 15 is 0 Å². The second-order valence-corrected chi connectivity index (χ2v) is 5.99. The lowest BCUT2D eigenvalue weighted by Gasteiger charge is -2.32. The van der Waals surface area contributed by atoms with Gasteiger partial charge in [0.15, 0.2) is 0 Å². The number of nitrogens with zero attached hydrogens (tertiary/aromatic N) is 1. The Morgan fingerprint density at radius 3 is 2.52 bits per heavy atom. The third-order valence-corrected chi connectivity index (χ3v) is 4.49. The largest absolute Gasteiger partial charge is 0.478 e. The molecule has 1 aromatic heterocycles. The van der Waals surface area contributed by atoms with Crippen molar-refractivity contribution in [3.63, 3.8) is 0 Å². The van der Waals surface area contributed by atoms with Gasteiger partial charge in [0.05, 0.1) is 5.56 Å². The Kier molecular flexibility index (Phi) is 4.46. The normalized spacial score (nSPS) is 15.6. The first-order chi connectivity index (χ1) is 11.1. The highest BCUT2D eigenvalue weighted by molar-refractivity contribution is 5.92. The van der Waals surface area contributed by atoms with Crippen molar-refractivity contribution in [2.45, 2.75) is 19.3 Å². The second kappa shape index (κ2) is 6.69. The van der Waals surface area contributed by atoms with Crippen molar-refractivity contribution in [1.82, 2.24) is 9.88 Å². The molecule has 1 amide bonds. The van der Waals surface area contributed by atoms with Crippen molar-refractivity contribution in [2.75, 3.05) is 13.1 Å². The van der Waals surface area contributed by atoms with Gasteiger partial charge in [-0.2, -0.15) is 0 Å². The molecule has 1 fully saturated rings. The predicted octanol–water partition coefficient (Wildman–Crippen LogP) is 2.81. The minimum absolute atomic E-state index is 0.0411. The average molecular weight is 312 g/mol. The lowest BCUT2D eigenvalue weighted by molar-refractivity contribution is 0.0685. The number of hydrogen-bond acceptors (Lipinski definition) is 2. The smallest absolute Gasteiger partial charge is 0.335 e. The van der Waals surface area contributed by atoms with Crippen molar-refractivity contribution in [2.24, 2.45) is 5.92 Å². The summed E-state index contributed by atoms with van der Waals surface area (Å²) in [7, 11) is 0. The average Bonchev–Trinajstić information content (AvgIpc) is 3.10. The van der Waals surface area contributed by atoms with Crippen LogP contribution in [0.25, 0.3) is 0 Å². The first-order valence-corrected chi connectivity index (χ1v) is 7.89. The van der Waals surface area contributed by atoms with Crippen LogP contribution in [-0.4, -0.2) is 40.0 Å². The Labute approximate surface area is 134 Å². The molecule has 0 spiro atoms. The number of nitrogens with one attached hydrogen (secondary N) is 1. The van der Waals surface area contributed by atoms with Gasteiger partial charge >= 0.3 is 5.97 Å². The van der Waals surface area contributed by atoms with E-state index in [2.05, 4.69) is 4.98 Å². The molecule has 1 saturated heterocycles. The molecule has 0 bridgehead atoms. The molecule has 0 saturated carbocycles. The highest BCUT2D eigenvalue weighted by atomic mass is 16.4. The van der Waals surface area contributed by atoms with E-state index in [-0.39, 0.29) is 5.91 Å². The van der Waals surface area contributed by atoms with E-state index in [0.717, 1.165) is 37.9 Å². The van der Waals surface area contributed by atoms with Crippen LogP contribution in [-0.2, 0) is 6.42 Å². The molecule has 1 aliphatic rings. The molecular weight excluding hydrogens is 292 g/mol. The number of hydrogen-bond donors (Lipinski definition) is 2. The minimum Gasteiger partial charge on any atom is -0.478 e. The molecule has 120 valence electrons. The van der Waals surface area contributed by atoms with Crippen molar-refractivity contribution < 1.29 is 14.7 Å². The summed E-state index contributed by atoms with van der Waals surface area (Å²) in [5, 5.41) is 9.26. The van der Waals surface area contributed by atoms with Crippen molar-refractivity contribution in [3.8, 4) is 0 Å². The van der Waals surface area contributed by atoms with Crippen LogP contribution in [0.3, 0.4) is 0 Å². The minimum atomic E-state index is -0.875. The van der Waals surface area contributed by atoms with Gasteiger partial charge in [-0.25, -0.2) is 4.79 Å². The number of benzene rings is 1. The van der Waals surface area contributed by atoms with Crippen LogP contribution in [0.1, 0.15) is 39.3 Å². The molecule has 1 aromatic carbocycles. The SMILES string of the molecule is O=C(O)c1ccccc1CC1CCN(C(=O)c2ccc[nH]2)CC1. The summed E-state index contributed by atoms with van der Waals surface area (Å²) in [6.45, 7) is 1.44. The fourth-order valence-corrected chi connectivity index (χ4v) is 3.19. The van der Waals surface area contributed by atoms with Crippen LogP contribution in [0.2, 0.25) is 0 Å². The highest BCUT2D eigenvalue weighted by Crippen LogP contribution is 2.24. The lowest BCUT2D eigenvalue weighted by atomic mass is 9.88. The van der Waals surface area contributed by atoms with Gasteiger partial charge in [-0.15, -0.1) is 0 Å². The van der Waals surface area contributed by atoms with Gasteiger partial charge in [0, 0.05) is 19.3 Å². The topological polar surface area (TPSA) is 73.4 Å². The number of carbonyl (C=O) groups is 2. The van der Waals surface area contributed by atoms with Crippen LogP contribution in [0, 0.1) is 5.92 Å². The maximum absolute atomic E-state index is 12.3. The van der Waals surface area contributed by atoms with Crippen LogP contribution in [0.15, 0.2) is 42.6 Å². The Morgan fingerprint density at radius 1 is 1.13 bits per heavy atom.